The smallest absolute Gasteiger partial charge is 0.260 e. The molecule has 0 aliphatic carbocycles. The molecular weight excluding hydrogens is 278 g/mol. The van der Waals surface area contributed by atoms with Crippen LogP contribution >= 0.6 is 0 Å². The summed E-state index contributed by atoms with van der Waals surface area (Å²) in [6.45, 7) is 0.409. The quantitative estimate of drug-likeness (QED) is 0.464. The lowest BCUT2D eigenvalue weighted by atomic mass is 10.1. The third kappa shape index (κ3) is 5.28. The number of oxime groups is 1. The van der Waals surface area contributed by atoms with Crippen LogP contribution in [0.15, 0.2) is 65.8 Å². The third-order valence-electron chi connectivity index (χ3n) is 3.01. The van der Waals surface area contributed by atoms with Crippen molar-refractivity contribution in [2.45, 2.75) is 6.42 Å². The second-order valence-electron chi connectivity index (χ2n) is 4.70. The molecular formula is C17H19N3O2. The average Bonchev–Trinajstić information content (AvgIpc) is 2.56. The normalized spacial score (nSPS) is 11.0. The molecule has 0 unspecified atom stereocenters. The van der Waals surface area contributed by atoms with Gasteiger partial charge in [0.05, 0.1) is 0 Å². The summed E-state index contributed by atoms with van der Waals surface area (Å²) in [4.78, 5) is 16.6. The molecule has 5 nitrogen and oxygen atoms in total. The fourth-order valence-corrected chi connectivity index (χ4v) is 1.86. The molecule has 0 aliphatic heterocycles. The van der Waals surface area contributed by atoms with Gasteiger partial charge in [-0.3, -0.25) is 4.79 Å². The van der Waals surface area contributed by atoms with Crippen LogP contribution in [-0.4, -0.2) is 24.9 Å². The van der Waals surface area contributed by atoms with Crippen LogP contribution in [0.3, 0.4) is 0 Å². The first-order chi connectivity index (χ1) is 10.8. The van der Waals surface area contributed by atoms with Crippen LogP contribution < -0.4 is 11.1 Å². The van der Waals surface area contributed by atoms with Gasteiger partial charge in [-0.1, -0.05) is 65.8 Å². The molecule has 0 radical (unpaired) electrons. The van der Waals surface area contributed by atoms with Gasteiger partial charge in [0.15, 0.2) is 12.4 Å². The maximum Gasteiger partial charge on any atom is 0.260 e. The maximum absolute atomic E-state index is 11.6. The van der Waals surface area contributed by atoms with Crippen molar-refractivity contribution in [2.75, 3.05) is 13.2 Å². The minimum absolute atomic E-state index is 0.150. The highest BCUT2D eigenvalue weighted by molar-refractivity contribution is 5.97. The minimum Gasteiger partial charge on any atom is -0.384 e. The van der Waals surface area contributed by atoms with E-state index < -0.39 is 0 Å². The highest BCUT2D eigenvalue weighted by Crippen LogP contribution is 1.99. The number of amides is 1. The van der Waals surface area contributed by atoms with E-state index in [0.29, 0.717) is 6.54 Å². The van der Waals surface area contributed by atoms with E-state index in [2.05, 4.69) is 10.5 Å². The Morgan fingerprint density at radius 2 is 1.68 bits per heavy atom. The van der Waals surface area contributed by atoms with Crippen molar-refractivity contribution in [3.63, 3.8) is 0 Å². The summed E-state index contributed by atoms with van der Waals surface area (Å²) < 4.78 is 0. The summed E-state index contributed by atoms with van der Waals surface area (Å²) in [5, 5.41) is 6.50. The Bertz CT molecular complexity index is 612. The summed E-state index contributed by atoms with van der Waals surface area (Å²) in [5.74, 6) is 0.0261. The number of carbonyl (C=O) groups is 1. The lowest BCUT2D eigenvalue weighted by Crippen LogP contribution is -2.29. The first-order valence-electron chi connectivity index (χ1n) is 7.07. The second kappa shape index (κ2) is 8.46. The third-order valence-corrected chi connectivity index (χ3v) is 3.01. The summed E-state index contributed by atoms with van der Waals surface area (Å²) >= 11 is 0. The maximum atomic E-state index is 11.6. The molecule has 22 heavy (non-hydrogen) atoms. The predicted molar refractivity (Wildman–Crippen MR) is 86.3 cm³/mol. The number of nitrogens with two attached hydrogens (primary N) is 1. The van der Waals surface area contributed by atoms with Crippen molar-refractivity contribution >= 4 is 11.7 Å². The van der Waals surface area contributed by atoms with E-state index in [0.717, 1.165) is 12.0 Å². The number of nitrogens with one attached hydrogen (secondary N) is 1. The van der Waals surface area contributed by atoms with Gasteiger partial charge in [-0.05, 0) is 12.0 Å². The van der Waals surface area contributed by atoms with Gasteiger partial charge in [-0.25, -0.2) is 0 Å². The van der Waals surface area contributed by atoms with E-state index in [4.69, 9.17) is 10.6 Å². The molecule has 0 saturated heterocycles. The topological polar surface area (TPSA) is 76.7 Å². The van der Waals surface area contributed by atoms with E-state index in [1.165, 1.54) is 5.56 Å². The Morgan fingerprint density at radius 1 is 1.05 bits per heavy atom. The van der Waals surface area contributed by atoms with E-state index in [1.807, 2.05) is 60.7 Å². The fourth-order valence-electron chi connectivity index (χ4n) is 1.86. The predicted octanol–water partition coefficient (Wildman–Crippen LogP) is 1.68. The van der Waals surface area contributed by atoms with Gasteiger partial charge in [-0.15, -0.1) is 0 Å². The Balaban J connectivity index is 1.67. The second-order valence-corrected chi connectivity index (χ2v) is 4.70. The van der Waals surface area contributed by atoms with E-state index >= 15 is 0 Å². The lowest BCUT2D eigenvalue weighted by Gasteiger charge is -2.05. The summed E-state index contributed by atoms with van der Waals surface area (Å²) in [5.41, 5.74) is 7.68. The Labute approximate surface area is 129 Å². The molecule has 2 rings (SSSR count). The first kappa shape index (κ1) is 15.6. The summed E-state index contributed by atoms with van der Waals surface area (Å²) in [6.07, 6.45) is 0.780. The van der Waals surface area contributed by atoms with Crippen molar-refractivity contribution in [3.8, 4) is 0 Å². The van der Waals surface area contributed by atoms with E-state index in [1.54, 1.807) is 0 Å². The Kier molecular flexibility index (Phi) is 5.99. The van der Waals surface area contributed by atoms with Crippen LogP contribution in [0.5, 0.6) is 0 Å². The summed E-state index contributed by atoms with van der Waals surface area (Å²) in [7, 11) is 0. The number of hydrogen-bond donors (Lipinski definition) is 2. The van der Waals surface area contributed by atoms with Crippen LogP contribution in [0.25, 0.3) is 0 Å². The molecule has 0 saturated carbocycles. The monoisotopic (exact) mass is 297 g/mol. The molecule has 0 fully saturated rings. The van der Waals surface area contributed by atoms with E-state index in [9.17, 15) is 4.79 Å². The van der Waals surface area contributed by atoms with Crippen molar-refractivity contribution in [1.29, 1.82) is 0 Å². The van der Waals surface area contributed by atoms with Gasteiger partial charge in [0.1, 0.15) is 0 Å². The Hall–Kier alpha value is -2.82. The van der Waals surface area contributed by atoms with Crippen LogP contribution in [0.2, 0.25) is 0 Å². The number of benzene rings is 2. The van der Waals surface area contributed by atoms with Gasteiger partial charge < -0.3 is 15.9 Å². The molecule has 0 heterocycles. The summed E-state index contributed by atoms with van der Waals surface area (Å²) in [6, 6.07) is 19.2. The highest BCUT2D eigenvalue weighted by Gasteiger charge is 2.02. The van der Waals surface area contributed by atoms with Crippen molar-refractivity contribution < 1.29 is 9.63 Å². The van der Waals surface area contributed by atoms with Crippen molar-refractivity contribution in [3.05, 3.63) is 71.8 Å². The first-order valence-corrected chi connectivity index (χ1v) is 7.07. The zero-order valence-electron chi connectivity index (χ0n) is 12.2. The van der Waals surface area contributed by atoms with Crippen LogP contribution in [-0.2, 0) is 16.1 Å². The molecule has 2 aromatic rings. The van der Waals surface area contributed by atoms with Crippen LogP contribution in [0.1, 0.15) is 11.1 Å². The number of rotatable bonds is 7. The van der Waals surface area contributed by atoms with Gasteiger partial charge >= 0.3 is 0 Å². The number of hydrogen-bond acceptors (Lipinski definition) is 3. The largest absolute Gasteiger partial charge is 0.384 e. The molecule has 0 spiro atoms. The van der Waals surface area contributed by atoms with Crippen LogP contribution in [0.4, 0.5) is 0 Å². The molecule has 114 valence electrons. The standard InChI is InChI=1S/C17H19N3O2/c18-17(15-9-5-2-6-10-15)20-22-13-16(21)19-12-11-14-7-3-1-4-8-14/h1-10H,11-13H2,(H2,18,20)(H,19,21). The zero-order valence-corrected chi connectivity index (χ0v) is 12.2. The SMILES string of the molecule is NC(=NOCC(=O)NCCc1ccccc1)c1ccccc1. The molecule has 0 aliphatic rings. The Morgan fingerprint density at radius 3 is 2.36 bits per heavy atom. The van der Waals surface area contributed by atoms with Crippen molar-refractivity contribution in [2.24, 2.45) is 10.9 Å². The highest BCUT2D eigenvalue weighted by atomic mass is 16.6. The van der Waals surface area contributed by atoms with Gasteiger partial charge in [-0.2, -0.15) is 0 Å². The van der Waals surface area contributed by atoms with Gasteiger partial charge in [0.2, 0.25) is 0 Å². The molecule has 0 aromatic heterocycles. The average molecular weight is 297 g/mol. The number of carbonyl (C=O) groups excluding carboxylic acids is 1. The number of amidine groups is 1. The molecule has 1 amide bonds. The molecule has 2 aromatic carbocycles. The molecule has 5 heteroatoms. The van der Waals surface area contributed by atoms with Crippen LogP contribution in [0, 0.1) is 0 Å². The van der Waals surface area contributed by atoms with E-state index in [-0.39, 0.29) is 18.3 Å². The van der Waals surface area contributed by atoms with Crippen molar-refractivity contribution in [1.82, 2.24) is 5.32 Å². The molecule has 3 N–H and O–H groups in total. The molecule has 0 bridgehead atoms. The van der Waals surface area contributed by atoms with Gasteiger partial charge in [0, 0.05) is 12.1 Å². The molecule has 0 atom stereocenters. The fraction of sp³-hybridized carbons (Fsp3) is 0.176. The zero-order chi connectivity index (χ0) is 15.6. The van der Waals surface area contributed by atoms with Gasteiger partial charge in [0.25, 0.3) is 5.91 Å². The number of nitrogens with zero attached hydrogens (tertiary/aromatic N) is 1. The minimum atomic E-state index is -0.222. The lowest BCUT2D eigenvalue weighted by molar-refractivity contribution is -0.125.